The quantitative estimate of drug-likeness (QED) is 0.129. The molecule has 10 rings (SSSR count). The van der Waals surface area contributed by atoms with Crippen LogP contribution in [0, 0.1) is 12.7 Å². The Kier molecular flexibility index (Phi) is 10.5. The summed E-state index contributed by atoms with van der Waals surface area (Å²) in [5.41, 5.74) is 14.7. The van der Waals surface area contributed by atoms with E-state index >= 15 is 0 Å². The average Bonchev–Trinajstić information content (AvgIpc) is 3.84. The van der Waals surface area contributed by atoms with E-state index in [1.165, 1.54) is 33.5 Å². The molecule has 318 valence electrons. The summed E-state index contributed by atoms with van der Waals surface area (Å²) in [4.78, 5) is 9.69. The monoisotopic (exact) mass is 842 g/mol. The van der Waals surface area contributed by atoms with E-state index in [1.807, 2.05) is 36.5 Å². The van der Waals surface area contributed by atoms with Gasteiger partial charge in [0.2, 0.25) is 5.69 Å². The van der Waals surface area contributed by atoms with Crippen molar-refractivity contribution in [1.29, 1.82) is 0 Å². The normalized spacial score (nSPS) is 12.7. The summed E-state index contributed by atoms with van der Waals surface area (Å²) >= 11 is 0. The summed E-state index contributed by atoms with van der Waals surface area (Å²) in [5, 5.41) is 2.31. The highest BCUT2D eigenvalue weighted by Crippen LogP contribution is 2.50. The van der Waals surface area contributed by atoms with Gasteiger partial charge in [-0.25, -0.2) is 9.37 Å². The summed E-state index contributed by atoms with van der Waals surface area (Å²) < 4.78 is 25.6. The number of aryl methyl sites for hydroxylation is 1. The first-order chi connectivity index (χ1) is 31.0. The van der Waals surface area contributed by atoms with Crippen molar-refractivity contribution in [3.05, 3.63) is 192 Å². The van der Waals surface area contributed by atoms with E-state index < -0.39 is 0 Å². The topological polar surface area (TPSA) is 37.4 Å². The first kappa shape index (κ1) is 40.8. The Morgan fingerprint density at radius 2 is 1.33 bits per heavy atom. The Hall–Kier alpha value is -7.25. The van der Waals surface area contributed by atoms with E-state index in [9.17, 15) is 4.39 Å². The summed E-state index contributed by atoms with van der Waals surface area (Å²) in [5.74, 6) is 2.86. The predicted octanol–water partition coefficient (Wildman–Crippen LogP) is 15.0. The summed E-state index contributed by atoms with van der Waals surface area (Å²) in [6, 6.07) is 52.2. The fraction of sp³-hybridized carbons (Fsp3) is 0.193. The van der Waals surface area contributed by atoms with Gasteiger partial charge >= 0.3 is 0 Å². The zero-order valence-electron chi connectivity index (χ0n) is 37.5. The SMILES string of the molecule is Cc1ccc2c(c1)N(c1c(C(C)C)cc(-c3ccc(F)cc3)cc1C(C)C)CN2c1cc(Oc2ccc3c4ccccc4n(-c4ccccn4)c3c2)cc(-[n+]2ccccc2C(C)C)c1. The molecule has 0 aliphatic carbocycles. The third kappa shape index (κ3) is 7.34. The Bertz CT molecular complexity index is 3160. The zero-order chi connectivity index (χ0) is 44.2. The molecule has 4 heterocycles. The Morgan fingerprint density at radius 3 is 2.06 bits per heavy atom. The predicted molar refractivity (Wildman–Crippen MR) is 261 cm³/mol. The number of pyridine rings is 2. The molecule has 0 saturated carbocycles. The molecule has 0 N–H and O–H groups in total. The van der Waals surface area contributed by atoms with Crippen LogP contribution in [0.25, 0.3) is 44.4 Å². The van der Waals surface area contributed by atoms with Gasteiger partial charge in [-0.2, -0.15) is 4.57 Å². The minimum atomic E-state index is -0.230. The van der Waals surface area contributed by atoms with E-state index in [2.05, 4.69) is 183 Å². The second-order valence-corrected chi connectivity index (χ2v) is 18.0. The van der Waals surface area contributed by atoms with Crippen LogP contribution in [0.4, 0.5) is 27.1 Å². The second-order valence-electron chi connectivity index (χ2n) is 18.0. The lowest BCUT2D eigenvalue weighted by Gasteiger charge is -2.30. The lowest BCUT2D eigenvalue weighted by molar-refractivity contribution is -0.605. The van der Waals surface area contributed by atoms with Gasteiger partial charge in [0.05, 0.1) is 34.2 Å². The molecular formula is C57H53FN5O+. The van der Waals surface area contributed by atoms with E-state index in [-0.39, 0.29) is 23.6 Å². The highest BCUT2D eigenvalue weighted by Gasteiger charge is 2.33. The van der Waals surface area contributed by atoms with Gasteiger partial charge in [-0.05, 0) is 113 Å². The number of hydrogen-bond acceptors (Lipinski definition) is 4. The molecule has 0 bridgehead atoms. The van der Waals surface area contributed by atoms with Crippen molar-refractivity contribution in [3.8, 4) is 34.1 Å². The molecule has 6 nitrogen and oxygen atoms in total. The molecule has 0 amide bonds. The Balaban J connectivity index is 1.13. The van der Waals surface area contributed by atoms with Gasteiger partial charge in [0.25, 0.3) is 0 Å². The first-order valence-electron chi connectivity index (χ1n) is 22.4. The van der Waals surface area contributed by atoms with Crippen LogP contribution in [-0.2, 0) is 0 Å². The van der Waals surface area contributed by atoms with Crippen molar-refractivity contribution in [3.63, 3.8) is 0 Å². The number of anilines is 4. The summed E-state index contributed by atoms with van der Waals surface area (Å²) in [7, 11) is 0. The van der Waals surface area contributed by atoms with Crippen molar-refractivity contribution >= 4 is 44.6 Å². The first-order valence-corrected chi connectivity index (χ1v) is 22.4. The van der Waals surface area contributed by atoms with Crippen molar-refractivity contribution < 1.29 is 13.7 Å². The number of hydrogen-bond donors (Lipinski definition) is 0. The minimum absolute atomic E-state index is 0.230. The van der Waals surface area contributed by atoms with E-state index in [1.54, 1.807) is 12.1 Å². The van der Waals surface area contributed by atoms with Gasteiger partial charge < -0.3 is 14.5 Å². The molecule has 64 heavy (non-hydrogen) atoms. The summed E-state index contributed by atoms with van der Waals surface area (Å²) in [6.07, 6.45) is 3.99. The van der Waals surface area contributed by atoms with Crippen LogP contribution in [0.2, 0.25) is 0 Å². The number of nitrogens with zero attached hydrogens (tertiary/aromatic N) is 5. The molecule has 1 aliphatic heterocycles. The third-order valence-corrected chi connectivity index (χ3v) is 12.6. The molecule has 6 aromatic carbocycles. The maximum Gasteiger partial charge on any atom is 0.216 e. The van der Waals surface area contributed by atoms with Crippen LogP contribution in [0.1, 0.15) is 81.7 Å². The molecule has 0 atom stereocenters. The molecule has 0 spiro atoms. The van der Waals surface area contributed by atoms with Crippen LogP contribution in [0.5, 0.6) is 11.5 Å². The molecule has 0 unspecified atom stereocenters. The van der Waals surface area contributed by atoms with Crippen molar-refractivity contribution in [1.82, 2.24) is 9.55 Å². The molecule has 0 fully saturated rings. The van der Waals surface area contributed by atoms with Gasteiger partial charge in [0.1, 0.15) is 29.8 Å². The number of fused-ring (bicyclic) bond motifs is 4. The number of para-hydroxylation sites is 1. The average molecular weight is 843 g/mol. The molecule has 1 aliphatic rings. The number of aromatic nitrogens is 3. The molecular weight excluding hydrogens is 790 g/mol. The number of halogens is 1. The highest BCUT2D eigenvalue weighted by atomic mass is 19.1. The Labute approximate surface area is 375 Å². The van der Waals surface area contributed by atoms with Gasteiger partial charge in [-0.3, -0.25) is 4.57 Å². The number of benzene rings is 6. The van der Waals surface area contributed by atoms with Gasteiger partial charge in [-0.1, -0.05) is 90.1 Å². The van der Waals surface area contributed by atoms with Gasteiger partial charge in [0.15, 0.2) is 11.9 Å². The van der Waals surface area contributed by atoms with Crippen molar-refractivity contribution in [2.24, 2.45) is 0 Å². The fourth-order valence-corrected chi connectivity index (χ4v) is 9.43. The third-order valence-electron chi connectivity index (χ3n) is 12.6. The van der Waals surface area contributed by atoms with E-state index in [0.717, 1.165) is 67.6 Å². The maximum atomic E-state index is 14.1. The zero-order valence-corrected chi connectivity index (χ0v) is 37.5. The second kappa shape index (κ2) is 16.5. The van der Waals surface area contributed by atoms with E-state index in [4.69, 9.17) is 9.72 Å². The molecule has 0 saturated heterocycles. The number of ether oxygens (including phenoxy) is 1. The van der Waals surface area contributed by atoms with E-state index in [0.29, 0.717) is 6.67 Å². The number of rotatable bonds is 10. The van der Waals surface area contributed by atoms with Crippen LogP contribution < -0.4 is 19.1 Å². The molecule has 3 aromatic heterocycles. The largest absolute Gasteiger partial charge is 0.457 e. The lowest BCUT2D eigenvalue weighted by Crippen LogP contribution is -2.36. The van der Waals surface area contributed by atoms with Gasteiger partial charge in [0, 0.05) is 58.9 Å². The van der Waals surface area contributed by atoms with Crippen LogP contribution in [0.15, 0.2) is 164 Å². The minimum Gasteiger partial charge on any atom is -0.457 e. The highest BCUT2D eigenvalue weighted by molar-refractivity contribution is 6.09. The smallest absolute Gasteiger partial charge is 0.216 e. The van der Waals surface area contributed by atoms with Gasteiger partial charge in [-0.15, -0.1) is 0 Å². The molecule has 7 heteroatoms. The fourth-order valence-electron chi connectivity index (χ4n) is 9.43. The van der Waals surface area contributed by atoms with Crippen LogP contribution >= 0.6 is 0 Å². The van der Waals surface area contributed by atoms with Crippen LogP contribution in [-0.4, -0.2) is 16.2 Å². The Morgan fingerprint density at radius 1 is 0.594 bits per heavy atom. The van der Waals surface area contributed by atoms with Crippen molar-refractivity contribution in [2.75, 3.05) is 16.5 Å². The summed E-state index contributed by atoms with van der Waals surface area (Å²) in [6.45, 7) is 16.3. The molecule has 9 aromatic rings. The lowest BCUT2D eigenvalue weighted by atomic mass is 9.87. The maximum absolute atomic E-state index is 14.1. The van der Waals surface area contributed by atoms with Crippen molar-refractivity contribution in [2.45, 2.75) is 66.2 Å². The standard InChI is InChI=1S/C57H53FN5O/c1-36(2)49-29-41(40-19-21-42(58)22-20-40)30-50(37(3)4)57(49)62-35-61(53-25-18-39(7)28-55(53)62)44-31-43(60-27-13-11-15-51(60)38(5)6)32-46(33-44)64-45-23-24-48-47-14-8-9-16-52(47)63(54(48)34-45)56-17-10-12-26-59-56/h8-34,36-38H,35H2,1-7H3/q+1. The van der Waals surface area contributed by atoms with Crippen LogP contribution in [0.3, 0.4) is 0 Å². The molecule has 0 radical (unpaired) electrons.